The third kappa shape index (κ3) is 2.90. The van der Waals surface area contributed by atoms with Crippen LogP contribution in [-0.4, -0.2) is 4.98 Å². The maximum Gasteiger partial charge on any atom is 0.119 e. The molecule has 1 aliphatic carbocycles. The molecule has 0 aliphatic heterocycles. The second kappa shape index (κ2) is 5.66. The van der Waals surface area contributed by atoms with Gasteiger partial charge in [-0.1, -0.05) is 32.6 Å². The van der Waals surface area contributed by atoms with E-state index in [4.69, 9.17) is 0 Å². The van der Waals surface area contributed by atoms with Gasteiger partial charge in [0.2, 0.25) is 0 Å². The lowest BCUT2D eigenvalue weighted by molar-refractivity contribution is 1.33. The van der Waals surface area contributed by atoms with Crippen molar-refractivity contribution in [1.29, 1.82) is 0 Å². The molecule has 80 valence electrons. The monoisotopic (exact) mass is 219 g/mol. The molecule has 0 fully saturated rings. The largest absolute Gasteiger partial charge is 0.236 e. The van der Waals surface area contributed by atoms with Crippen molar-refractivity contribution in [3.8, 4) is 0 Å². The molecular formula is C13H17NS. The fourth-order valence-corrected chi connectivity index (χ4v) is 2.11. The molecule has 1 aliphatic rings. The Kier molecular flexibility index (Phi) is 4.50. The van der Waals surface area contributed by atoms with Gasteiger partial charge in [-0.15, -0.1) is 11.3 Å². The molecule has 0 bridgehead atoms. The standard InChI is InChI=1S/C11H11NS.C2H6/c1-8(2)11-12-9-6-4-3-5-7-10(9)13-11;1-2/h4-7H,1,3H2,2H3;1-2H3. The van der Waals surface area contributed by atoms with Crippen LogP contribution in [0.4, 0.5) is 0 Å². The summed E-state index contributed by atoms with van der Waals surface area (Å²) >= 11 is 1.71. The summed E-state index contributed by atoms with van der Waals surface area (Å²) in [5.74, 6) is 0. The van der Waals surface area contributed by atoms with Gasteiger partial charge in [0.1, 0.15) is 5.01 Å². The quantitative estimate of drug-likeness (QED) is 0.671. The lowest BCUT2D eigenvalue weighted by Gasteiger charge is -1.87. The summed E-state index contributed by atoms with van der Waals surface area (Å²) in [6.07, 6.45) is 9.51. The summed E-state index contributed by atoms with van der Waals surface area (Å²) in [5.41, 5.74) is 2.12. The average Bonchev–Trinajstić information content (AvgIpc) is 2.54. The Morgan fingerprint density at radius 2 is 2.00 bits per heavy atom. The molecule has 0 radical (unpaired) electrons. The molecule has 1 aromatic heterocycles. The third-order valence-electron chi connectivity index (χ3n) is 1.86. The van der Waals surface area contributed by atoms with E-state index in [-0.39, 0.29) is 0 Å². The lowest BCUT2D eigenvalue weighted by Crippen LogP contribution is -1.76. The van der Waals surface area contributed by atoms with Crippen LogP contribution in [0.5, 0.6) is 0 Å². The number of hydrogen-bond donors (Lipinski definition) is 0. The van der Waals surface area contributed by atoms with Crippen LogP contribution in [-0.2, 0) is 0 Å². The van der Waals surface area contributed by atoms with E-state index in [1.54, 1.807) is 11.3 Å². The maximum absolute atomic E-state index is 4.49. The molecule has 1 aromatic rings. The summed E-state index contributed by atoms with van der Waals surface area (Å²) in [7, 11) is 0. The van der Waals surface area contributed by atoms with Crippen molar-refractivity contribution in [2.45, 2.75) is 27.2 Å². The van der Waals surface area contributed by atoms with Gasteiger partial charge < -0.3 is 0 Å². The number of fused-ring (bicyclic) bond motifs is 1. The Balaban J connectivity index is 0.000000531. The minimum absolute atomic E-state index is 1.01. The number of hydrogen-bond acceptors (Lipinski definition) is 2. The summed E-state index contributed by atoms with van der Waals surface area (Å²) in [5, 5.41) is 1.04. The van der Waals surface area contributed by atoms with E-state index in [2.05, 4.69) is 35.9 Å². The SMILES string of the molecule is C=C(C)c1nc2c(s1)C=CCC=C2.CC. The van der Waals surface area contributed by atoms with Crippen LogP contribution in [0.2, 0.25) is 0 Å². The van der Waals surface area contributed by atoms with Gasteiger partial charge in [-0.25, -0.2) is 4.98 Å². The molecule has 0 saturated carbocycles. The molecule has 0 unspecified atom stereocenters. The molecule has 2 rings (SSSR count). The van der Waals surface area contributed by atoms with Gasteiger partial charge in [0.15, 0.2) is 0 Å². The Morgan fingerprint density at radius 1 is 1.33 bits per heavy atom. The highest BCUT2D eigenvalue weighted by Gasteiger charge is 2.07. The fraction of sp³-hybridized carbons (Fsp3) is 0.308. The molecule has 15 heavy (non-hydrogen) atoms. The summed E-state index contributed by atoms with van der Waals surface area (Å²) < 4.78 is 0. The maximum atomic E-state index is 4.49. The number of allylic oxidation sites excluding steroid dienone is 3. The Labute approximate surface area is 95.9 Å². The second-order valence-corrected chi connectivity index (χ2v) is 4.12. The Bertz CT molecular complexity index is 367. The molecule has 0 amide bonds. The zero-order valence-corrected chi connectivity index (χ0v) is 10.4. The van der Waals surface area contributed by atoms with Crippen LogP contribution in [0.3, 0.4) is 0 Å². The van der Waals surface area contributed by atoms with Gasteiger partial charge in [0, 0.05) is 0 Å². The minimum atomic E-state index is 1.01. The van der Waals surface area contributed by atoms with E-state index in [1.807, 2.05) is 20.8 Å². The Hall–Kier alpha value is -1.15. The van der Waals surface area contributed by atoms with E-state index in [0.29, 0.717) is 0 Å². The first kappa shape index (κ1) is 11.9. The smallest absolute Gasteiger partial charge is 0.119 e. The molecule has 1 heterocycles. The summed E-state index contributed by atoms with van der Waals surface area (Å²) in [6, 6.07) is 0. The average molecular weight is 219 g/mol. The van der Waals surface area contributed by atoms with Gasteiger partial charge >= 0.3 is 0 Å². The third-order valence-corrected chi connectivity index (χ3v) is 3.06. The number of thiazole rings is 1. The number of rotatable bonds is 1. The van der Waals surface area contributed by atoms with Crippen molar-refractivity contribution in [1.82, 2.24) is 4.98 Å². The van der Waals surface area contributed by atoms with E-state index >= 15 is 0 Å². The normalized spacial score (nSPS) is 12.5. The first-order valence-corrected chi connectivity index (χ1v) is 6.09. The lowest BCUT2D eigenvalue weighted by atomic mass is 10.3. The van der Waals surface area contributed by atoms with Crippen molar-refractivity contribution in [2.75, 3.05) is 0 Å². The molecule has 0 N–H and O–H groups in total. The van der Waals surface area contributed by atoms with E-state index < -0.39 is 0 Å². The van der Waals surface area contributed by atoms with Gasteiger partial charge in [0.25, 0.3) is 0 Å². The topological polar surface area (TPSA) is 12.9 Å². The van der Waals surface area contributed by atoms with Crippen LogP contribution in [0, 0.1) is 0 Å². The highest BCUT2D eigenvalue weighted by atomic mass is 32.1. The highest BCUT2D eigenvalue weighted by Crippen LogP contribution is 2.27. The molecule has 0 atom stereocenters. The van der Waals surface area contributed by atoms with Crippen LogP contribution < -0.4 is 0 Å². The van der Waals surface area contributed by atoms with Gasteiger partial charge in [0.05, 0.1) is 10.6 Å². The molecule has 0 aromatic carbocycles. The first-order valence-electron chi connectivity index (χ1n) is 5.27. The summed E-state index contributed by atoms with van der Waals surface area (Å²) in [6.45, 7) is 9.88. The van der Waals surface area contributed by atoms with E-state index in [9.17, 15) is 0 Å². The minimum Gasteiger partial charge on any atom is -0.236 e. The first-order chi connectivity index (χ1) is 7.27. The van der Waals surface area contributed by atoms with Crippen molar-refractivity contribution in [2.24, 2.45) is 0 Å². The number of aromatic nitrogens is 1. The van der Waals surface area contributed by atoms with E-state index in [1.165, 1.54) is 4.88 Å². The zero-order valence-electron chi connectivity index (χ0n) is 9.58. The van der Waals surface area contributed by atoms with Crippen LogP contribution in [0.15, 0.2) is 18.7 Å². The zero-order chi connectivity index (χ0) is 11.3. The molecule has 1 nitrogen and oxygen atoms in total. The molecule has 0 spiro atoms. The fourth-order valence-electron chi connectivity index (χ4n) is 1.20. The van der Waals surface area contributed by atoms with Crippen LogP contribution >= 0.6 is 11.3 Å². The summed E-state index contributed by atoms with van der Waals surface area (Å²) in [4.78, 5) is 5.73. The second-order valence-electron chi connectivity index (χ2n) is 3.09. The molecule has 2 heteroatoms. The molecular weight excluding hydrogens is 202 g/mol. The highest BCUT2D eigenvalue weighted by molar-refractivity contribution is 7.13. The van der Waals surface area contributed by atoms with Crippen molar-refractivity contribution in [3.63, 3.8) is 0 Å². The molecule has 0 saturated heterocycles. The van der Waals surface area contributed by atoms with Crippen molar-refractivity contribution >= 4 is 29.1 Å². The number of nitrogens with zero attached hydrogens (tertiary/aromatic N) is 1. The van der Waals surface area contributed by atoms with Gasteiger partial charge in [-0.05, 0) is 31.1 Å². The van der Waals surface area contributed by atoms with Gasteiger partial charge in [-0.3, -0.25) is 0 Å². The predicted octanol–water partition coefficient (Wildman–Crippen LogP) is 4.63. The van der Waals surface area contributed by atoms with Crippen LogP contribution in [0.1, 0.15) is 42.8 Å². The predicted molar refractivity (Wildman–Crippen MR) is 70.9 cm³/mol. The Morgan fingerprint density at radius 3 is 2.67 bits per heavy atom. The van der Waals surface area contributed by atoms with Gasteiger partial charge in [-0.2, -0.15) is 0 Å². The van der Waals surface area contributed by atoms with E-state index in [0.717, 1.165) is 22.7 Å². The van der Waals surface area contributed by atoms with Crippen molar-refractivity contribution in [3.05, 3.63) is 34.3 Å². The van der Waals surface area contributed by atoms with Crippen molar-refractivity contribution < 1.29 is 0 Å². The van der Waals surface area contributed by atoms with Crippen LogP contribution in [0.25, 0.3) is 17.7 Å².